The molecule has 1 aromatic heterocycles. The SMILES string of the molecule is CC(C)N(CCOCCCl)S(=O)(=O)c1cnn(C)c1. The van der Waals surface area contributed by atoms with E-state index in [4.69, 9.17) is 16.3 Å². The third kappa shape index (κ3) is 4.45. The maximum atomic E-state index is 12.4. The van der Waals surface area contributed by atoms with Crippen LogP contribution in [0, 0.1) is 0 Å². The molecule has 0 saturated heterocycles. The van der Waals surface area contributed by atoms with Crippen LogP contribution in [0.3, 0.4) is 0 Å². The van der Waals surface area contributed by atoms with Gasteiger partial charge in [-0.1, -0.05) is 0 Å². The summed E-state index contributed by atoms with van der Waals surface area (Å²) in [6.45, 7) is 4.70. The molecule has 6 nitrogen and oxygen atoms in total. The Morgan fingerprint density at radius 1 is 1.47 bits per heavy atom. The van der Waals surface area contributed by atoms with Crippen LogP contribution in [0.15, 0.2) is 17.3 Å². The average molecular weight is 310 g/mol. The number of hydrogen-bond acceptors (Lipinski definition) is 4. The second-order valence-corrected chi connectivity index (χ2v) is 6.63. The Kier molecular flexibility index (Phi) is 6.25. The molecule has 0 fully saturated rings. The van der Waals surface area contributed by atoms with Crippen LogP contribution < -0.4 is 0 Å². The van der Waals surface area contributed by atoms with Gasteiger partial charge in [0.15, 0.2) is 0 Å². The van der Waals surface area contributed by atoms with Crippen molar-refractivity contribution in [3.63, 3.8) is 0 Å². The van der Waals surface area contributed by atoms with E-state index in [0.29, 0.717) is 25.6 Å². The molecule has 0 aromatic carbocycles. The van der Waals surface area contributed by atoms with Crippen LogP contribution in [0.25, 0.3) is 0 Å². The van der Waals surface area contributed by atoms with E-state index < -0.39 is 10.0 Å². The zero-order valence-electron chi connectivity index (χ0n) is 11.4. The molecule has 19 heavy (non-hydrogen) atoms. The predicted octanol–water partition coefficient (Wildman–Crippen LogP) is 1.07. The summed E-state index contributed by atoms with van der Waals surface area (Å²) in [6, 6.07) is -0.148. The summed E-state index contributed by atoms with van der Waals surface area (Å²) in [4.78, 5) is 0.195. The molecule has 0 bridgehead atoms. The Hall–Kier alpha value is -0.630. The first-order valence-corrected chi connectivity index (χ1v) is 8.01. The Morgan fingerprint density at radius 3 is 2.63 bits per heavy atom. The van der Waals surface area contributed by atoms with Gasteiger partial charge in [-0.15, -0.1) is 11.6 Å². The molecule has 8 heteroatoms. The van der Waals surface area contributed by atoms with Crippen molar-refractivity contribution >= 4 is 21.6 Å². The molecule has 0 atom stereocenters. The van der Waals surface area contributed by atoms with Gasteiger partial charge in [0, 0.05) is 31.7 Å². The molecule has 0 aliphatic carbocycles. The summed E-state index contributed by atoms with van der Waals surface area (Å²) in [7, 11) is -1.85. The quantitative estimate of drug-likeness (QED) is 0.532. The lowest BCUT2D eigenvalue weighted by molar-refractivity contribution is 0.131. The van der Waals surface area contributed by atoms with Gasteiger partial charge in [0.25, 0.3) is 0 Å². The fourth-order valence-corrected chi connectivity index (χ4v) is 3.35. The Labute approximate surface area is 119 Å². The molecule has 0 radical (unpaired) electrons. The van der Waals surface area contributed by atoms with Crippen LogP contribution in [-0.2, 0) is 21.8 Å². The molecule has 0 aliphatic rings. The van der Waals surface area contributed by atoms with Gasteiger partial charge in [0.05, 0.1) is 19.4 Å². The normalized spacial score (nSPS) is 12.5. The molecule has 1 rings (SSSR count). The highest BCUT2D eigenvalue weighted by atomic mass is 35.5. The van der Waals surface area contributed by atoms with Crippen LogP contribution in [0.5, 0.6) is 0 Å². The van der Waals surface area contributed by atoms with Crippen LogP contribution in [0.2, 0.25) is 0 Å². The molecule has 0 N–H and O–H groups in total. The number of alkyl halides is 1. The van der Waals surface area contributed by atoms with Crippen molar-refractivity contribution in [3.8, 4) is 0 Å². The summed E-state index contributed by atoms with van der Waals surface area (Å²) < 4.78 is 33.0. The molecule has 0 amide bonds. The summed E-state index contributed by atoms with van der Waals surface area (Å²) in [5.74, 6) is 0.400. The fraction of sp³-hybridized carbons (Fsp3) is 0.727. The third-order valence-electron chi connectivity index (χ3n) is 2.54. The first-order valence-electron chi connectivity index (χ1n) is 6.03. The van der Waals surface area contributed by atoms with E-state index in [2.05, 4.69) is 5.10 Å². The van der Waals surface area contributed by atoms with E-state index in [1.807, 2.05) is 13.8 Å². The maximum absolute atomic E-state index is 12.4. The molecule has 0 aliphatic heterocycles. The molecule has 1 aromatic rings. The largest absolute Gasteiger partial charge is 0.379 e. The van der Waals surface area contributed by atoms with E-state index in [9.17, 15) is 8.42 Å². The molecule has 110 valence electrons. The first kappa shape index (κ1) is 16.4. The van der Waals surface area contributed by atoms with Gasteiger partial charge < -0.3 is 4.74 Å². The zero-order chi connectivity index (χ0) is 14.5. The average Bonchev–Trinajstić information content (AvgIpc) is 2.75. The maximum Gasteiger partial charge on any atom is 0.246 e. The highest BCUT2D eigenvalue weighted by Gasteiger charge is 2.27. The topological polar surface area (TPSA) is 64.4 Å². The number of aryl methyl sites for hydroxylation is 1. The van der Waals surface area contributed by atoms with Crippen LogP contribution in [-0.4, -0.2) is 54.2 Å². The molecule has 0 saturated carbocycles. The highest BCUT2D eigenvalue weighted by Crippen LogP contribution is 2.17. The van der Waals surface area contributed by atoms with Crippen molar-refractivity contribution < 1.29 is 13.2 Å². The van der Waals surface area contributed by atoms with Crippen molar-refractivity contribution in [1.29, 1.82) is 0 Å². The minimum atomic E-state index is -3.53. The highest BCUT2D eigenvalue weighted by molar-refractivity contribution is 7.89. The Balaban J connectivity index is 2.80. The second kappa shape index (κ2) is 7.23. The number of halogens is 1. The summed E-state index contributed by atoms with van der Waals surface area (Å²) >= 11 is 5.50. The van der Waals surface area contributed by atoms with Crippen LogP contribution >= 0.6 is 11.6 Å². The van der Waals surface area contributed by atoms with E-state index in [-0.39, 0.29) is 10.9 Å². The Morgan fingerprint density at radius 2 is 2.16 bits per heavy atom. The van der Waals surface area contributed by atoms with Crippen molar-refractivity contribution in [1.82, 2.24) is 14.1 Å². The zero-order valence-corrected chi connectivity index (χ0v) is 13.0. The monoisotopic (exact) mass is 309 g/mol. The number of nitrogens with zero attached hydrogens (tertiary/aromatic N) is 3. The summed E-state index contributed by atoms with van der Waals surface area (Å²) in [5.41, 5.74) is 0. The van der Waals surface area contributed by atoms with Gasteiger partial charge in [0.2, 0.25) is 10.0 Å². The summed E-state index contributed by atoms with van der Waals surface area (Å²) in [6.07, 6.45) is 2.84. The lowest BCUT2D eigenvalue weighted by Gasteiger charge is -2.25. The summed E-state index contributed by atoms with van der Waals surface area (Å²) in [5, 5.41) is 3.90. The van der Waals surface area contributed by atoms with Crippen molar-refractivity contribution in [2.75, 3.05) is 25.6 Å². The van der Waals surface area contributed by atoms with Gasteiger partial charge in [-0.2, -0.15) is 9.40 Å². The van der Waals surface area contributed by atoms with E-state index in [0.717, 1.165) is 0 Å². The smallest absolute Gasteiger partial charge is 0.246 e. The number of aromatic nitrogens is 2. The predicted molar refractivity (Wildman–Crippen MR) is 73.8 cm³/mol. The molecule has 1 heterocycles. The van der Waals surface area contributed by atoms with E-state index >= 15 is 0 Å². The Bertz CT molecular complexity index is 487. The lowest BCUT2D eigenvalue weighted by atomic mass is 10.4. The van der Waals surface area contributed by atoms with E-state index in [1.54, 1.807) is 7.05 Å². The van der Waals surface area contributed by atoms with Gasteiger partial charge in [0.1, 0.15) is 4.90 Å². The molecule has 0 unspecified atom stereocenters. The van der Waals surface area contributed by atoms with Gasteiger partial charge in [-0.05, 0) is 13.8 Å². The van der Waals surface area contributed by atoms with Gasteiger partial charge in [-0.25, -0.2) is 8.42 Å². The molecular formula is C11H20ClN3O3S. The molecular weight excluding hydrogens is 290 g/mol. The molecule has 0 spiro atoms. The van der Waals surface area contributed by atoms with Gasteiger partial charge in [-0.3, -0.25) is 4.68 Å². The number of rotatable bonds is 8. The standard InChI is InChI=1S/C11H20ClN3O3S/c1-10(2)15(5-7-18-6-4-12)19(16,17)11-8-13-14(3)9-11/h8-10H,4-7H2,1-3H3. The minimum Gasteiger partial charge on any atom is -0.379 e. The van der Waals surface area contributed by atoms with E-state index in [1.165, 1.54) is 21.4 Å². The lowest BCUT2D eigenvalue weighted by Crippen LogP contribution is -2.39. The van der Waals surface area contributed by atoms with Crippen molar-refractivity contribution in [2.45, 2.75) is 24.8 Å². The van der Waals surface area contributed by atoms with Gasteiger partial charge >= 0.3 is 0 Å². The minimum absolute atomic E-state index is 0.148. The number of sulfonamides is 1. The van der Waals surface area contributed by atoms with Crippen molar-refractivity contribution in [2.24, 2.45) is 7.05 Å². The van der Waals surface area contributed by atoms with Crippen LogP contribution in [0.4, 0.5) is 0 Å². The van der Waals surface area contributed by atoms with Crippen LogP contribution in [0.1, 0.15) is 13.8 Å². The third-order valence-corrected chi connectivity index (χ3v) is 4.72. The number of ether oxygens (including phenoxy) is 1. The fourth-order valence-electron chi connectivity index (χ4n) is 1.63. The second-order valence-electron chi connectivity index (χ2n) is 4.36. The van der Waals surface area contributed by atoms with Crippen molar-refractivity contribution in [3.05, 3.63) is 12.4 Å². The first-order chi connectivity index (χ1) is 8.89. The number of hydrogen-bond donors (Lipinski definition) is 0.